The predicted molar refractivity (Wildman–Crippen MR) is 93.8 cm³/mol. The summed E-state index contributed by atoms with van der Waals surface area (Å²) in [6, 6.07) is 0. The van der Waals surface area contributed by atoms with Gasteiger partial charge in [-0.05, 0) is 56.5 Å². The number of carboxylic acids is 1. The minimum absolute atomic E-state index is 0.174. The summed E-state index contributed by atoms with van der Waals surface area (Å²) in [5.74, 6) is -1.27. The van der Waals surface area contributed by atoms with Crippen molar-refractivity contribution in [2.75, 3.05) is 0 Å². The van der Waals surface area contributed by atoms with E-state index in [1.165, 1.54) is 30.1 Å². The van der Waals surface area contributed by atoms with E-state index >= 15 is 0 Å². The standard InChI is InChI=1S/C20H28O2/c1-15(8-6-9-16(2)14-19(21)22)11-12-18-17(3)10-7-13-20(18,4)5/h6,8-9,11-12,14H,7,10,13H2,1-5H3,(H,21,22)/b9-6+,12-11+,15-8-,16-14+/i2T3. The summed E-state index contributed by atoms with van der Waals surface area (Å²) >= 11 is 0. The summed E-state index contributed by atoms with van der Waals surface area (Å²) in [5, 5.41) is 8.77. The molecule has 2 nitrogen and oxygen atoms in total. The van der Waals surface area contributed by atoms with Crippen LogP contribution >= 0.6 is 0 Å². The molecular weight excluding hydrogens is 272 g/mol. The topological polar surface area (TPSA) is 37.3 Å². The molecule has 120 valence electrons. The van der Waals surface area contributed by atoms with Crippen LogP contribution in [0.1, 0.15) is 57.9 Å². The fourth-order valence-corrected chi connectivity index (χ4v) is 2.77. The van der Waals surface area contributed by atoms with Gasteiger partial charge in [-0.25, -0.2) is 4.79 Å². The molecule has 0 aliphatic heterocycles. The summed E-state index contributed by atoms with van der Waals surface area (Å²) < 4.78 is 22.1. The normalized spacial score (nSPS) is 22.8. The summed E-state index contributed by atoms with van der Waals surface area (Å²) in [4.78, 5) is 10.7. The first-order valence-electron chi connectivity index (χ1n) is 9.12. The van der Waals surface area contributed by atoms with E-state index in [9.17, 15) is 4.79 Å². The number of carbonyl (C=O) groups is 1. The van der Waals surface area contributed by atoms with Crippen molar-refractivity contribution < 1.29 is 14.0 Å². The third-order valence-corrected chi connectivity index (χ3v) is 3.97. The Morgan fingerprint density at radius 1 is 1.32 bits per heavy atom. The van der Waals surface area contributed by atoms with E-state index in [0.29, 0.717) is 0 Å². The van der Waals surface area contributed by atoms with Gasteiger partial charge in [0, 0.05) is 10.2 Å². The fourth-order valence-electron chi connectivity index (χ4n) is 2.77. The molecule has 0 aromatic rings. The molecule has 0 bridgehead atoms. The van der Waals surface area contributed by atoms with E-state index < -0.39 is 12.8 Å². The van der Waals surface area contributed by atoms with Gasteiger partial charge in [-0.15, -0.1) is 0 Å². The number of allylic oxidation sites excluding steroid dienone is 9. The monoisotopic (exact) mass is 306 g/mol. The van der Waals surface area contributed by atoms with Crippen molar-refractivity contribution in [3.8, 4) is 0 Å². The van der Waals surface area contributed by atoms with Crippen LogP contribution in [0.2, 0.25) is 0 Å². The van der Waals surface area contributed by atoms with Gasteiger partial charge < -0.3 is 5.11 Å². The first-order valence-corrected chi connectivity index (χ1v) is 7.62. The highest BCUT2D eigenvalue weighted by Crippen LogP contribution is 2.40. The second-order valence-electron chi connectivity index (χ2n) is 6.47. The van der Waals surface area contributed by atoms with Gasteiger partial charge in [0.15, 0.2) is 0 Å². The quantitative estimate of drug-likeness (QED) is 0.530. The predicted octanol–water partition coefficient (Wildman–Crippen LogP) is 5.60. The summed E-state index contributed by atoms with van der Waals surface area (Å²) in [6.07, 6.45) is 13.1. The van der Waals surface area contributed by atoms with Gasteiger partial charge in [0.1, 0.15) is 0 Å². The molecular formula is C20H28O2. The largest absolute Gasteiger partial charge is 0.478 e. The van der Waals surface area contributed by atoms with Crippen molar-refractivity contribution in [3.63, 3.8) is 0 Å². The smallest absolute Gasteiger partial charge is 0.328 e. The third-order valence-electron chi connectivity index (χ3n) is 3.97. The maximum absolute atomic E-state index is 10.7. The molecule has 0 radical (unpaired) electrons. The maximum atomic E-state index is 10.7. The van der Waals surface area contributed by atoms with Crippen molar-refractivity contribution in [2.45, 2.75) is 53.8 Å². The summed E-state index contributed by atoms with van der Waals surface area (Å²) in [5.41, 5.74) is 3.74. The van der Waals surface area contributed by atoms with Crippen molar-refractivity contribution in [2.24, 2.45) is 5.41 Å². The second-order valence-corrected chi connectivity index (χ2v) is 6.47. The van der Waals surface area contributed by atoms with Crippen LogP contribution in [-0.2, 0) is 4.79 Å². The van der Waals surface area contributed by atoms with Gasteiger partial charge in [0.05, 0.1) is 0 Å². The van der Waals surface area contributed by atoms with E-state index in [0.717, 1.165) is 18.1 Å². The summed E-state index contributed by atoms with van der Waals surface area (Å²) in [6.45, 7) is 6.18. The number of aliphatic carboxylic acids is 1. The molecule has 0 atom stereocenters. The molecule has 0 spiro atoms. The molecule has 1 aliphatic rings. The highest BCUT2D eigenvalue weighted by atomic mass is 16.4. The Morgan fingerprint density at radius 3 is 2.64 bits per heavy atom. The molecule has 0 heterocycles. The van der Waals surface area contributed by atoms with Crippen LogP contribution in [0.15, 0.2) is 58.7 Å². The lowest BCUT2D eigenvalue weighted by Gasteiger charge is -2.32. The first-order chi connectivity index (χ1) is 11.4. The van der Waals surface area contributed by atoms with Gasteiger partial charge in [-0.1, -0.05) is 55.4 Å². The molecule has 0 amide bonds. The Kier molecular flexibility index (Phi) is 5.01. The average Bonchev–Trinajstić information content (AvgIpc) is 2.43. The van der Waals surface area contributed by atoms with Crippen LogP contribution in [0.4, 0.5) is 0 Å². The van der Waals surface area contributed by atoms with Crippen LogP contribution in [0.3, 0.4) is 0 Å². The zero-order chi connectivity index (χ0) is 19.3. The van der Waals surface area contributed by atoms with Crippen LogP contribution in [0, 0.1) is 5.41 Å². The van der Waals surface area contributed by atoms with Gasteiger partial charge >= 0.3 is 5.97 Å². The van der Waals surface area contributed by atoms with E-state index in [2.05, 4.69) is 26.8 Å². The van der Waals surface area contributed by atoms with Crippen molar-refractivity contribution in [1.82, 2.24) is 0 Å². The van der Waals surface area contributed by atoms with Crippen LogP contribution in [0.5, 0.6) is 0 Å². The zero-order valence-electron chi connectivity index (χ0n) is 16.9. The van der Waals surface area contributed by atoms with Crippen molar-refractivity contribution in [3.05, 3.63) is 58.7 Å². The molecule has 0 saturated carbocycles. The van der Waals surface area contributed by atoms with E-state index in [1.807, 2.05) is 13.0 Å². The number of carboxylic acid groups (broad SMARTS) is 1. The summed E-state index contributed by atoms with van der Waals surface area (Å²) in [7, 11) is 0. The van der Waals surface area contributed by atoms with Crippen LogP contribution < -0.4 is 0 Å². The Bertz CT molecular complexity index is 657. The van der Waals surface area contributed by atoms with Gasteiger partial charge in [-0.3, -0.25) is 0 Å². The molecule has 0 fully saturated rings. The van der Waals surface area contributed by atoms with Gasteiger partial charge in [0.25, 0.3) is 0 Å². The molecule has 0 aromatic carbocycles. The first kappa shape index (κ1) is 13.8. The van der Waals surface area contributed by atoms with E-state index in [4.69, 9.17) is 9.22 Å². The SMILES string of the molecule is [3H]C([3H])([3H])C(/C=C/C=C(C)\C=C\C1=C(C)CCCC1(C)C)=C\C(=O)O. The number of hydrogen-bond acceptors (Lipinski definition) is 1. The fraction of sp³-hybridized carbons (Fsp3) is 0.450. The van der Waals surface area contributed by atoms with Crippen molar-refractivity contribution in [1.29, 1.82) is 0 Å². The zero-order valence-corrected chi connectivity index (χ0v) is 13.9. The van der Waals surface area contributed by atoms with Crippen LogP contribution in [-0.4, -0.2) is 11.1 Å². The minimum Gasteiger partial charge on any atom is -0.478 e. The Hall–Kier alpha value is -1.83. The average molecular weight is 306 g/mol. The molecule has 0 aromatic heterocycles. The van der Waals surface area contributed by atoms with Gasteiger partial charge in [-0.2, -0.15) is 0 Å². The van der Waals surface area contributed by atoms with E-state index in [1.54, 1.807) is 12.2 Å². The maximum Gasteiger partial charge on any atom is 0.328 e. The van der Waals surface area contributed by atoms with Gasteiger partial charge in [0.2, 0.25) is 0 Å². The molecule has 1 aliphatic carbocycles. The van der Waals surface area contributed by atoms with Crippen molar-refractivity contribution >= 4 is 5.97 Å². The molecule has 1 N–H and O–H groups in total. The number of rotatable bonds is 5. The Labute approximate surface area is 138 Å². The highest BCUT2D eigenvalue weighted by molar-refractivity contribution is 5.81. The molecule has 22 heavy (non-hydrogen) atoms. The van der Waals surface area contributed by atoms with E-state index in [-0.39, 0.29) is 11.0 Å². The lowest BCUT2D eigenvalue weighted by molar-refractivity contribution is -0.131. The minimum atomic E-state index is -2.44. The second kappa shape index (κ2) is 7.98. The lowest BCUT2D eigenvalue weighted by atomic mass is 9.72. The van der Waals surface area contributed by atoms with Crippen LogP contribution in [0.25, 0.3) is 0 Å². The lowest BCUT2D eigenvalue weighted by Crippen LogP contribution is -2.19. The molecule has 0 saturated heterocycles. The highest BCUT2D eigenvalue weighted by Gasteiger charge is 2.26. The third kappa shape index (κ3) is 5.88. The molecule has 2 heteroatoms. The molecule has 0 unspecified atom stereocenters. The molecule has 1 rings (SSSR count). The Balaban J connectivity index is 2.93. The Morgan fingerprint density at radius 2 is 2.05 bits per heavy atom. The number of hydrogen-bond donors (Lipinski definition) is 1.